The Bertz CT molecular complexity index is 411. The smallest absolute Gasteiger partial charge is 0.365 e. The van der Waals surface area contributed by atoms with Gasteiger partial charge in [0, 0.05) is 11.9 Å². The summed E-state index contributed by atoms with van der Waals surface area (Å²) in [5.74, 6) is 0.780. The van der Waals surface area contributed by atoms with Crippen molar-refractivity contribution in [1.82, 2.24) is 10.3 Å². The lowest BCUT2D eigenvalue weighted by Crippen LogP contribution is -2.26. The third-order valence-corrected chi connectivity index (χ3v) is 4.90. The first-order valence-corrected chi connectivity index (χ1v) is 7.95. The molecular weight excluding hydrogens is 260 g/mol. The van der Waals surface area contributed by atoms with Crippen molar-refractivity contribution in [3.8, 4) is 0 Å². The summed E-state index contributed by atoms with van der Waals surface area (Å²) in [5.41, 5.74) is 0.838. The maximum atomic E-state index is 10.7. The molecule has 1 aromatic heterocycles. The number of nitrogens with one attached hydrogen (secondary N) is 1. The minimum atomic E-state index is -0.936. The fourth-order valence-corrected chi connectivity index (χ4v) is 3.39. The number of hydrogen-bond donors (Lipinski definition) is 2. The highest BCUT2D eigenvalue weighted by molar-refractivity contribution is 7.11. The molecular formula is C14H22N2O2S. The van der Waals surface area contributed by atoms with Gasteiger partial charge in [0.15, 0.2) is 0 Å². The van der Waals surface area contributed by atoms with Crippen LogP contribution in [0.2, 0.25) is 0 Å². The molecule has 2 rings (SSSR count). The summed E-state index contributed by atoms with van der Waals surface area (Å²) in [7, 11) is 0. The minimum absolute atomic E-state index is 0.181. The summed E-state index contributed by atoms with van der Waals surface area (Å²) in [6.07, 6.45) is 6.69. The Morgan fingerprint density at radius 3 is 2.68 bits per heavy atom. The van der Waals surface area contributed by atoms with E-state index in [0.29, 0.717) is 6.54 Å². The summed E-state index contributed by atoms with van der Waals surface area (Å²) >= 11 is 1.20. The fraction of sp³-hybridized carbons (Fsp3) is 0.714. The molecule has 0 aliphatic heterocycles. The number of carbonyl (C=O) groups is 1. The van der Waals surface area contributed by atoms with Crippen LogP contribution in [0.15, 0.2) is 5.38 Å². The van der Waals surface area contributed by atoms with Crippen LogP contribution >= 0.6 is 11.3 Å². The van der Waals surface area contributed by atoms with Gasteiger partial charge >= 0.3 is 5.97 Å². The van der Waals surface area contributed by atoms with Gasteiger partial charge in [-0.2, -0.15) is 0 Å². The van der Waals surface area contributed by atoms with E-state index >= 15 is 0 Å². The van der Waals surface area contributed by atoms with E-state index in [0.717, 1.165) is 24.1 Å². The van der Waals surface area contributed by atoms with Crippen molar-refractivity contribution in [1.29, 1.82) is 0 Å². The minimum Gasteiger partial charge on any atom is -0.476 e. The van der Waals surface area contributed by atoms with Gasteiger partial charge < -0.3 is 10.4 Å². The van der Waals surface area contributed by atoms with Gasteiger partial charge in [0.1, 0.15) is 0 Å². The zero-order chi connectivity index (χ0) is 13.7. The summed E-state index contributed by atoms with van der Waals surface area (Å²) in [6.45, 7) is 3.99. The highest BCUT2D eigenvalue weighted by Crippen LogP contribution is 2.30. The first-order chi connectivity index (χ1) is 9.19. The number of rotatable bonds is 6. The number of aromatic carboxylic acids is 1. The second-order valence-electron chi connectivity index (χ2n) is 5.38. The largest absolute Gasteiger partial charge is 0.476 e. The number of carboxylic acid groups (broad SMARTS) is 1. The maximum Gasteiger partial charge on any atom is 0.365 e. The third-order valence-electron chi connectivity index (χ3n) is 4.02. The van der Waals surface area contributed by atoms with Gasteiger partial charge in [-0.25, -0.2) is 9.78 Å². The SMILES string of the molecule is CCC1CCC(CNCc2csc(C(=O)O)n2)CC1. The molecule has 1 saturated carbocycles. The summed E-state index contributed by atoms with van der Waals surface area (Å²) in [6, 6.07) is 0. The van der Waals surface area contributed by atoms with Crippen molar-refractivity contribution >= 4 is 17.3 Å². The van der Waals surface area contributed by atoms with E-state index < -0.39 is 5.97 Å². The Kier molecular flexibility index (Phi) is 5.34. The Hall–Kier alpha value is -0.940. The Labute approximate surface area is 118 Å². The molecule has 4 nitrogen and oxygen atoms in total. The Morgan fingerprint density at radius 2 is 2.11 bits per heavy atom. The van der Waals surface area contributed by atoms with Crippen LogP contribution in [0.4, 0.5) is 0 Å². The van der Waals surface area contributed by atoms with E-state index in [4.69, 9.17) is 5.11 Å². The van der Waals surface area contributed by atoms with Crippen LogP contribution in [-0.4, -0.2) is 22.6 Å². The fourth-order valence-electron chi connectivity index (χ4n) is 2.73. The molecule has 0 radical (unpaired) electrons. The molecule has 1 aliphatic rings. The summed E-state index contributed by atoms with van der Waals surface area (Å²) < 4.78 is 0. The van der Waals surface area contributed by atoms with E-state index in [9.17, 15) is 4.79 Å². The Balaban J connectivity index is 1.67. The normalized spacial score (nSPS) is 23.4. The van der Waals surface area contributed by atoms with Crippen molar-refractivity contribution in [2.75, 3.05) is 6.54 Å². The average Bonchev–Trinajstić information content (AvgIpc) is 2.89. The number of carboxylic acids is 1. The average molecular weight is 282 g/mol. The van der Waals surface area contributed by atoms with Crippen molar-refractivity contribution < 1.29 is 9.90 Å². The molecule has 1 fully saturated rings. The number of aromatic nitrogens is 1. The van der Waals surface area contributed by atoms with Crippen LogP contribution in [0, 0.1) is 11.8 Å². The van der Waals surface area contributed by atoms with E-state index in [1.165, 1.54) is 43.4 Å². The van der Waals surface area contributed by atoms with Gasteiger partial charge in [-0.05, 0) is 31.2 Å². The van der Waals surface area contributed by atoms with Crippen molar-refractivity contribution in [2.45, 2.75) is 45.6 Å². The predicted molar refractivity (Wildman–Crippen MR) is 76.5 cm³/mol. The number of nitrogens with zero attached hydrogens (tertiary/aromatic N) is 1. The topological polar surface area (TPSA) is 62.2 Å². The molecule has 0 saturated heterocycles. The van der Waals surface area contributed by atoms with Crippen LogP contribution in [0.5, 0.6) is 0 Å². The summed E-state index contributed by atoms with van der Waals surface area (Å²) in [4.78, 5) is 14.8. The van der Waals surface area contributed by atoms with Crippen LogP contribution in [-0.2, 0) is 6.54 Å². The quantitative estimate of drug-likeness (QED) is 0.841. The van der Waals surface area contributed by atoms with Gasteiger partial charge in [-0.1, -0.05) is 26.2 Å². The maximum absolute atomic E-state index is 10.7. The van der Waals surface area contributed by atoms with Crippen molar-refractivity contribution in [2.24, 2.45) is 11.8 Å². The third kappa shape index (κ3) is 4.28. The van der Waals surface area contributed by atoms with Crippen LogP contribution in [0.1, 0.15) is 54.5 Å². The number of hydrogen-bond acceptors (Lipinski definition) is 4. The molecule has 106 valence electrons. The van der Waals surface area contributed by atoms with Crippen LogP contribution in [0.25, 0.3) is 0 Å². The second-order valence-corrected chi connectivity index (χ2v) is 6.23. The first-order valence-electron chi connectivity index (χ1n) is 7.07. The predicted octanol–water partition coefficient (Wildman–Crippen LogP) is 3.15. The molecule has 1 heterocycles. The molecule has 0 unspecified atom stereocenters. The standard InChI is InChI=1S/C14H22N2O2S/c1-2-10-3-5-11(6-4-10)7-15-8-12-9-19-13(16-12)14(17)18/h9-11,15H,2-8H2,1H3,(H,17,18). The van der Waals surface area contributed by atoms with Gasteiger partial charge in [-0.15, -0.1) is 11.3 Å². The molecule has 0 atom stereocenters. The van der Waals surface area contributed by atoms with E-state index in [-0.39, 0.29) is 5.01 Å². The number of thiazole rings is 1. The van der Waals surface area contributed by atoms with Gasteiger partial charge in [0.2, 0.25) is 5.01 Å². The molecule has 0 aromatic carbocycles. The van der Waals surface area contributed by atoms with Gasteiger partial charge in [0.25, 0.3) is 0 Å². The first kappa shape index (κ1) is 14.5. The molecule has 1 aromatic rings. The van der Waals surface area contributed by atoms with Crippen molar-refractivity contribution in [3.63, 3.8) is 0 Å². The van der Waals surface area contributed by atoms with Gasteiger partial charge in [-0.3, -0.25) is 0 Å². The van der Waals surface area contributed by atoms with Crippen molar-refractivity contribution in [3.05, 3.63) is 16.1 Å². The monoisotopic (exact) mass is 282 g/mol. The second kappa shape index (κ2) is 7.01. The zero-order valence-electron chi connectivity index (χ0n) is 11.4. The Morgan fingerprint density at radius 1 is 1.42 bits per heavy atom. The van der Waals surface area contributed by atoms with Crippen LogP contribution < -0.4 is 5.32 Å². The van der Waals surface area contributed by atoms with E-state index in [1.54, 1.807) is 0 Å². The molecule has 5 heteroatoms. The van der Waals surface area contributed by atoms with E-state index in [2.05, 4.69) is 17.2 Å². The molecule has 0 amide bonds. The zero-order valence-corrected chi connectivity index (χ0v) is 12.2. The molecule has 19 heavy (non-hydrogen) atoms. The van der Waals surface area contributed by atoms with Gasteiger partial charge in [0.05, 0.1) is 5.69 Å². The molecule has 0 bridgehead atoms. The highest BCUT2D eigenvalue weighted by Gasteiger charge is 2.19. The molecule has 1 aliphatic carbocycles. The summed E-state index contributed by atoms with van der Waals surface area (Å²) in [5, 5.41) is 14.2. The van der Waals surface area contributed by atoms with Crippen LogP contribution in [0.3, 0.4) is 0 Å². The lowest BCUT2D eigenvalue weighted by atomic mass is 9.81. The molecule has 0 spiro atoms. The molecule has 2 N–H and O–H groups in total. The van der Waals surface area contributed by atoms with E-state index in [1.807, 2.05) is 5.38 Å². The lowest BCUT2D eigenvalue weighted by molar-refractivity contribution is 0.0696. The lowest BCUT2D eigenvalue weighted by Gasteiger charge is -2.27. The highest BCUT2D eigenvalue weighted by atomic mass is 32.1.